The number of amides is 2. The van der Waals surface area contributed by atoms with E-state index in [1.54, 1.807) is 23.1 Å². The van der Waals surface area contributed by atoms with Crippen LogP contribution in [0.4, 0.5) is 4.39 Å². The Morgan fingerprint density at radius 1 is 1.16 bits per heavy atom. The van der Waals surface area contributed by atoms with Crippen molar-refractivity contribution in [1.82, 2.24) is 25.0 Å². The van der Waals surface area contributed by atoms with Gasteiger partial charge in [0, 0.05) is 31.7 Å². The van der Waals surface area contributed by atoms with Crippen molar-refractivity contribution < 1.29 is 14.0 Å². The molecule has 1 aromatic heterocycles. The van der Waals surface area contributed by atoms with Gasteiger partial charge in [0.05, 0.1) is 5.92 Å². The van der Waals surface area contributed by atoms with Crippen LogP contribution in [0.15, 0.2) is 54.9 Å². The first kappa shape index (κ1) is 21.7. The monoisotopic (exact) mass is 435 g/mol. The molecule has 166 valence electrons. The zero-order chi connectivity index (χ0) is 22.5. The Hall–Kier alpha value is -3.55. The summed E-state index contributed by atoms with van der Waals surface area (Å²) in [5.74, 6) is -0.660. The lowest BCUT2D eigenvalue weighted by molar-refractivity contribution is -0.134. The number of hydrogen-bond acceptors (Lipinski definition) is 4. The number of benzene rings is 2. The second-order valence-corrected chi connectivity index (χ2v) is 7.99. The Balaban J connectivity index is 1.54. The van der Waals surface area contributed by atoms with Crippen LogP contribution in [-0.4, -0.2) is 63.0 Å². The summed E-state index contributed by atoms with van der Waals surface area (Å²) in [4.78, 5) is 33.5. The molecule has 3 aromatic rings. The Kier molecular flexibility index (Phi) is 6.58. The lowest BCUT2D eigenvalue weighted by Gasteiger charge is -2.23. The van der Waals surface area contributed by atoms with E-state index in [1.807, 2.05) is 36.1 Å². The Labute approximate surface area is 186 Å². The second kappa shape index (κ2) is 9.72. The molecule has 2 heterocycles. The number of H-pyrrole nitrogens is 1. The molecule has 4 rings (SSSR count). The van der Waals surface area contributed by atoms with Crippen molar-refractivity contribution in [3.8, 4) is 11.1 Å². The van der Waals surface area contributed by atoms with Crippen molar-refractivity contribution in [2.45, 2.75) is 19.8 Å². The van der Waals surface area contributed by atoms with E-state index in [-0.39, 0.29) is 29.4 Å². The molecule has 0 aliphatic carbocycles. The summed E-state index contributed by atoms with van der Waals surface area (Å²) >= 11 is 0. The fraction of sp³-hybridized carbons (Fsp3) is 0.333. The molecule has 0 radical (unpaired) electrons. The lowest BCUT2D eigenvalue weighted by atomic mass is 9.95. The molecule has 2 aromatic carbocycles. The molecule has 2 amide bonds. The van der Waals surface area contributed by atoms with E-state index in [1.165, 1.54) is 12.4 Å². The predicted molar refractivity (Wildman–Crippen MR) is 118 cm³/mol. The minimum absolute atomic E-state index is 0.0536. The summed E-state index contributed by atoms with van der Waals surface area (Å²) in [5, 5.41) is 6.37. The summed E-state index contributed by atoms with van der Waals surface area (Å²) in [5.41, 5.74) is 2.30. The highest BCUT2D eigenvalue weighted by Crippen LogP contribution is 2.24. The van der Waals surface area contributed by atoms with Crippen LogP contribution in [0.3, 0.4) is 0 Å². The first-order valence-corrected chi connectivity index (χ1v) is 10.8. The maximum Gasteiger partial charge on any atom is 0.291 e. The molecule has 0 saturated carbocycles. The number of carbonyl (C=O) groups excluding carboxylic acids is 2. The molecule has 1 aliphatic rings. The van der Waals surface area contributed by atoms with Gasteiger partial charge in [-0.2, -0.15) is 5.10 Å². The number of nitrogens with one attached hydrogen (secondary N) is 1. The van der Waals surface area contributed by atoms with E-state index in [0.29, 0.717) is 38.2 Å². The van der Waals surface area contributed by atoms with Crippen molar-refractivity contribution >= 4 is 11.8 Å². The maximum atomic E-state index is 14.1. The van der Waals surface area contributed by atoms with Crippen LogP contribution in [-0.2, 0) is 11.2 Å². The number of hydrogen-bond donors (Lipinski definition) is 1. The van der Waals surface area contributed by atoms with E-state index in [4.69, 9.17) is 0 Å². The second-order valence-electron chi connectivity index (χ2n) is 7.99. The molecule has 1 saturated heterocycles. The van der Waals surface area contributed by atoms with Crippen LogP contribution in [0, 0.1) is 11.7 Å². The van der Waals surface area contributed by atoms with Gasteiger partial charge in [-0.3, -0.25) is 14.7 Å². The first-order valence-electron chi connectivity index (χ1n) is 10.8. The predicted octanol–water partition coefficient (Wildman–Crippen LogP) is 3.16. The zero-order valence-electron chi connectivity index (χ0n) is 18.0. The summed E-state index contributed by atoms with van der Waals surface area (Å²) in [6.45, 7) is 3.95. The maximum absolute atomic E-state index is 14.1. The normalized spacial score (nSPS) is 16.8. The molecule has 1 fully saturated rings. The molecule has 1 aliphatic heterocycles. The number of halogens is 1. The highest BCUT2D eigenvalue weighted by atomic mass is 19.1. The molecular formula is C24H26FN5O2. The Morgan fingerprint density at radius 2 is 1.94 bits per heavy atom. The van der Waals surface area contributed by atoms with Gasteiger partial charge in [0.25, 0.3) is 5.91 Å². The number of aromatic amines is 1. The largest absolute Gasteiger partial charge is 0.341 e. The summed E-state index contributed by atoms with van der Waals surface area (Å²) < 4.78 is 14.1. The fourth-order valence-corrected chi connectivity index (χ4v) is 4.13. The summed E-state index contributed by atoms with van der Waals surface area (Å²) in [6, 6.07) is 14.2. The van der Waals surface area contributed by atoms with Gasteiger partial charge in [-0.25, -0.2) is 9.37 Å². The molecule has 32 heavy (non-hydrogen) atoms. The van der Waals surface area contributed by atoms with Gasteiger partial charge in [0.2, 0.25) is 11.7 Å². The third-order valence-electron chi connectivity index (χ3n) is 5.76. The molecule has 1 atom stereocenters. The number of nitrogens with zero attached hydrogens (tertiary/aromatic N) is 4. The van der Waals surface area contributed by atoms with E-state index >= 15 is 0 Å². The quantitative estimate of drug-likeness (QED) is 0.645. The third-order valence-corrected chi connectivity index (χ3v) is 5.76. The Morgan fingerprint density at radius 3 is 2.62 bits per heavy atom. The van der Waals surface area contributed by atoms with Gasteiger partial charge in [-0.1, -0.05) is 49.4 Å². The number of rotatable bonds is 6. The van der Waals surface area contributed by atoms with Gasteiger partial charge >= 0.3 is 0 Å². The van der Waals surface area contributed by atoms with Crippen molar-refractivity contribution in [2.24, 2.45) is 5.92 Å². The van der Waals surface area contributed by atoms with Gasteiger partial charge in [0.1, 0.15) is 12.1 Å². The molecule has 0 spiro atoms. The number of carbonyl (C=O) groups is 2. The molecule has 7 nitrogen and oxygen atoms in total. The van der Waals surface area contributed by atoms with E-state index in [2.05, 4.69) is 15.2 Å². The zero-order valence-corrected chi connectivity index (χ0v) is 18.0. The van der Waals surface area contributed by atoms with Crippen molar-refractivity contribution in [3.63, 3.8) is 0 Å². The SMILES string of the molecule is CCCN1CCN(C(=O)c2ncn[nH]2)C[C@H](Cc2ccc(-c3ccccc3F)cc2)C1=O. The van der Waals surface area contributed by atoms with Crippen LogP contribution in [0.1, 0.15) is 29.5 Å². The summed E-state index contributed by atoms with van der Waals surface area (Å²) in [7, 11) is 0. The highest BCUT2D eigenvalue weighted by Gasteiger charge is 2.33. The van der Waals surface area contributed by atoms with E-state index < -0.39 is 0 Å². The molecule has 0 unspecified atom stereocenters. The van der Waals surface area contributed by atoms with Crippen LogP contribution >= 0.6 is 0 Å². The van der Waals surface area contributed by atoms with E-state index in [9.17, 15) is 14.0 Å². The minimum Gasteiger partial charge on any atom is -0.341 e. The topological polar surface area (TPSA) is 82.2 Å². The van der Waals surface area contributed by atoms with Crippen LogP contribution in [0.25, 0.3) is 11.1 Å². The van der Waals surface area contributed by atoms with Crippen LogP contribution < -0.4 is 0 Å². The first-order chi connectivity index (χ1) is 15.6. The van der Waals surface area contributed by atoms with Gasteiger partial charge in [-0.05, 0) is 30.0 Å². The van der Waals surface area contributed by atoms with E-state index in [0.717, 1.165) is 17.5 Å². The molecule has 1 N–H and O–H groups in total. The fourth-order valence-electron chi connectivity index (χ4n) is 4.13. The smallest absolute Gasteiger partial charge is 0.291 e. The summed E-state index contributed by atoms with van der Waals surface area (Å²) in [6.07, 6.45) is 2.65. The average Bonchev–Trinajstić information content (AvgIpc) is 3.30. The van der Waals surface area contributed by atoms with Gasteiger partial charge < -0.3 is 9.80 Å². The van der Waals surface area contributed by atoms with Crippen molar-refractivity contribution in [2.75, 3.05) is 26.2 Å². The Bertz CT molecular complexity index is 1070. The van der Waals surface area contributed by atoms with Gasteiger partial charge in [-0.15, -0.1) is 0 Å². The molecule has 0 bridgehead atoms. The van der Waals surface area contributed by atoms with Crippen molar-refractivity contribution in [1.29, 1.82) is 0 Å². The molecule has 8 heteroatoms. The minimum atomic E-state index is -0.366. The van der Waals surface area contributed by atoms with Crippen LogP contribution in [0.5, 0.6) is 0 Å². The standard InChI is InChI=1S/C24H26FN5O2/c1-2-11-29-12-13-30(24(32)22-26-16-27-28-22)15-19(23(29)31)14-17-7-9-18(10-8-17)20-5-3-4-6-21(20)25/h3-10,16,19H,2,11-15H2,1H3,(H,26,27,28)/t19-/m0/s1. The molecular weight excluding hydrogens is 409 g/mol. The number of aromatic nitrogens is 3. The average molecular weight is 436 g/mol. The van der Waals surface area contributed by atoms with Crippen molar-refractivity contribution in [3.05, 3.63) is 72.1 Å². The third kappa shape index (κ3) is 4.69. The van der Waals surface area contributed by atoms with Gasteiger partial charge in [0.15, 0.2) is 0 Å². The lowest BCUT2D eigenvalue weighted by Crippen LogP contribution is -2.38. The highest BCUT2D eigenvalue weighted by molar-refractivity contribution is 5.91. The van der Waals surface area contributed by atoms with Crippen LogP contribution in [0.2, 0.25) is 0 Å².